The number of para-hydroxylation sites is 1. The van der Waals surface area contributed by atoms with Gasteiger partial charge in [0.25, 0.3) is 0 Å². The Bertz CT molecular complexity index is 767. The second-order valence-electron chi connectivity index (χ2n) is 7.54. The zero-order valence-electron chi connectivity index (χ0n) is 15.1. The van der Waals surface area contributed by atoms with Gasteiger partial charge in [-0.3, -0.25) is 4.79 Å². The Morgan fingerprint density at radius 3 is 2.92 bits per heavy atom. The van der Waals surface area contributed by atoms with Gasteiger partial charge in [-0.2, -0.15) is 0 Å². The summed E-state index contributed by atoms with van der Waals surface area (Å²) in [5, 5.41) is 1.22. The van der Waals surface area contributed by atoms with Gasteiger partial charge in [-0.05, 0) is 32.0 Å². The van der Waals surface area contributed by atoms with E-state index in [-0.39, 0.29) is 19.2 Å². The van der Waals surface area contributed by atoms with Crippen LogP contribution in [0.3, 0.4) is 0 Å². The molecule has 0 bridgehead atoms. The van der Waals surface area contributed by atoms with Gasteiger partial charge in [-0.1, -0.05) is 18.2 Å². The molecule has 2 aromatic rings. The van der Waals surface area contributed by atoms with Gasteiger partial charge >= 0.3 is 0 Å². The van der Waals surface area contributed by atoms with Crippen molar-refractivity contribution in [2.75, 3.05) is 26.7 Å². The Balaban J connectivity index is 0.00000196. The maximum Gasteiger partial charge on any atom is 0.225 e. The number of amides is 1. The number of carbonyl (C=O) groups excluding carboxylic acids is 1. The van der Waals surface area contributed by atoms with Crippen LogP contribution in [0.1, 0.15) is 33.2 Å². The number of piperidine rings is 1. The molecule has 1 spiro atoms. The third kappa shape index (κ3) is 3.07. The van der Waals surface area contributed by atoms with Crippen molar-refractivity contribution in [2.24, 2.45) is 0 Å². The van der Waals surface area contributed by atoms with E-state index in [4.69, 9.17) is 4.74 Å². The lowest BCUT2D eigenvalue weighted by Crippen LogP contribution is -2.54. The zero-order valence-corrected chi connectivity index (χ0v) is 15.1. The molecule has 25 heavy (non-hydrogen) atoms. The van der Waals surface area contributed by atoms with Gasteiger partial charge in [-0.15, -0.1) is 0 Å². The van der Waals surface area contributed by atoms with Crippen molar-refractivity contribution in [3.8, 4) is 0 Å². The first kappa shape index (κ1) is 16.6. The van der Waals surface area contributed by atoms with Gasteiger partial charge in [0.05, 0.1) is 6.10 Å². The number of aryl methyl sites for hydroxylation is 1. The number of fused-ring (bicyclic) bond motifs is 1. The van der Waals surface area contributed by atoms with Crippen LogP contribution in [0.25, 0.3) is 10.9 Å². The molecule has 0 radical (unpaired) electrons. The Morgan fingerprint density at radius 1 is 1.36 bits per heavy atom. The molecule has 1 N–H and O–H groups in total. The van der Waals surface area contributed by atoms with Crippen LogP contribution in [0, 0.1) is 0 Å². The number of hydrogen-bond donors (Lipinski definition) is 1. The molecule has 0 aliphatic carbocycles. The molecule has 2 aliphatic rings. The normalized spacial score (nSPS) is 23.6. The smallest absolute Gasteiger partial charge is 0.225 e. The number of carbonyl (C=O) groups is 1. The van der Waals surface area contributed by atoms with Crippen molar-refractivity contribution in [2.45, 2.75) is 44.4 Å². The molecule has 1 atom stereocenters. The maximum atomic E-state index is 13.0. The summed E-state index contributed by atoms with van der Waals surface area (Å²) < 4.78 is 6.25. The zero-order chi connectivity index (χ0) is 17.4. The lowest BCUT2D eigenvalue weighted by atomic mass is 9.98. The summed E-state index contributed by atoms with van der Waals surface area (Å²) in [5.41, 5.74) is 1.98. The number of nitrogens with one attached hydrogen (secondary N) is 1. The first-order valence-corrected chi connectivity index (χ1v) is 9.29. The highest BCUT2D eigenvalue weighted by molar-refractivity contribution is 5.84. The van der Waals surface area contributed by atoms with Gasteiger partial charge in [-0.25, -0.2) is 0 Å². The first-order chi connectivity index (χ1) is 12.1. The van der Waals surface area contributed by atoms with Gasteiger partial charge in [0.1, 0.15) is 5.72 Å². The van der Waals surface area contributed by atoms with Crippen molar-refractivity contribution in [1.82, 2.24) is 14.8 Å². The summed E-state index contributed by atoms with van der Waals surface area (Å²) in [7, 11) is 2.13. The number of hydrogen-bond acceptors (Lipinski definition) is 3. The Hall–Kier alpha value is -1.85. The number of benzene rings is 1. The van der Waals surface area contributed by atoms with Crippen LogP contribution >= 0.6 is 0 Å². The number of aromatic amines is 1. The molecule has 2 fully saturated rings. The second-order valence-corrected chi connectivity index (χ2v) is 7.54. The van der Waals surface area contributed by atoms with Crippen molar-refractivity contribution in [3.63, 3.8) is 0 Å². The minimum absolute atomic E-state index is 0. The highest BCUT2D eigenvalue weighted by Gasteiger charge is 2.48. The van der Waals surface area contributed by atoms with E-state index < -0.39 is 0 Å². The van der Waals surface area contributed by atoms with E-state index in [1.54, 1.807) is 0 Å². The predicted molar refractivity (Wildman–Crippen MR) is 100 cm³/mol. The Kier molecular flexibility index (Phi) is 4.29. The minimum Gasteiger partial charge on any atom is -0.361 e. The standard InChI is InChI=1S/C20H27N3O2.H2/c1-15-14-23(20(25-15)9-11-22(2)12-10-20)19(24)8-7-16-13-21-18-6-4-3-5-17(16)18;/h3-6,13,15,21H,7-12,14H2,1-2H3;1H. The monoisotopic (exact) mass is 343 g/mol. The molecule has 3 heterocycles. The maximum absolute atomic E-state index is 13.0. The third-order valence-corrected chi connectivity index (χ3v) is 5.70. The first-order valence-electron chi connectivity index (χ1n) is 9.29. The fourth-order valence-electron chi connectivity index (χ4n) is 4.30. The molecule has 1 aromatic heterocycles. The minimum atomic E-state index is -0.372. The van der Waals surface area contributed by atoms with Crippen molar-refractivity contribution < 1.29 is 11.0 Å². The topological polar surface area (TPSA) is 48.6 Å². The molecule has 2 saturated heterocycles. The summed E-state index contributed by atoms with van der Waals surface area (Å²) in [4.78, 5) is 20.6. The predicted octanol–water partition coefficient (Wildman–Crippen LogP) is 3.02. The van der Waals surface area contributed by atoms with E-state index in [0.29, 0.717) is 6.42 Å². The van der Waals surface area contributed by atoms with E-state index in [1.165, 1.54) is 10.9 Å². The van der Waals surface area contributed by atoms with Crippen LogP contribution in [0.4, 0.5) is 0 Å². The third-order valence-electron chi connectivity index (χ3n) is 5.70. The number of H-pyrrole nitrogens is 1. The molecule has 4 rings (SSSR count). The number of ether oxygens (including phenoxy) is 1. The molecule has 1 unspecified atom stereocenters. The summed E-state index contributed by atoms with van der Waals surface area (Å²) in [5.74, 6) is 0.221. The lowest BCUT2D eigenvalue weighted by Gasteiger charge is -2.42. The Morgan fingerprint density at radius 2 is 2.12 bits per heavy atom. The molecular weight excluding hydrogens is 314 g/mol. The number of likely N-dealkylation sites (tertiary alicyclic amines) is 1. The van der Waals surface area contributed by atoms with Gasteiger partial charge in [0.2, 0.25) is 5.91 Å². The average molecular weight is 343 g/mol. The highest BCUT2D eigenvalue weighted by Crippen LogP contribution is 2.37. The molecule has 5 nitrogen and oxygen atoms in total. The lowest BCUT2D eigenvalue weighted by molar-refractivity contribution is -0.161. The van der Waals surface area contributed by atoms with Gasteiger partial charge < -0.3 is 19.5 Å². The van der Waals surface area contributed by atoms with Crippen molar-refractivity contribution in [3.05, 3.63) is 36.0 Å². The summed E-state index contributed by atoms with van der Waals surface area (Å²) in [6.45, 7) is 4.77. The Labute approximate surface area is 150 Å². The molecule has 1 aromatic carbocycles. The molecule has 2 aliphatic heterocycles. The van der Waals surface area contributed by atoms with Crippen LogP contribution in [0.15, 0.2) is 30.5 Å². The average Bonchev–Trinajstić information content (AvgIpc) is 3.17. The molecule has 5 heteroatoms. The van der Waals surface area contributed by atoms with E-state index in [0.717, 1.165) is 44.4 Å². The largest absolute Gasteiger partial charge is 0.361 e. The number of nitrogens with zero attached hydrogens (tertiary/aromatic N) is 2. The van der Waals surface area contributed by atoms with Gasteiger partial charge in [0, 0.05) is 57.4 Å². The quantitative estimate of drug-likeness (QED) is 0.932. The number of aromatic nitrogens is 1. The van der Waals surface area contributed by atoms with Crippen LogP contribution in [-0.2, 0) is 16.0 Å². The fraction of sp³-hybridized carbons (Fsp3) is 0.550. The van der Waals surface area contributed by atoms with E-state index >= 15 is 0 Å². The second kappa shape index (κ2) is 6.46. The van der Waals surface area contributed by atoms with Crippen LogP contribution < -0.4 is 0 Å². The van der Waals surface area contributed by atoms with E-state index in [2.05, 4.69) is 36.0 Å². The summed E-state index contributed by atoms with van der Waals surface area (Å²) in [6.07, 6.45) is 5.28. The molecule has 1 amide bonds. The van der Waals surface area contributed by atoms with Crippen LogP contribution in [0.5, 0.6) is 0 Å². The van der Waals surface area contributed by atoms with Crippen LogP contribution in [-0.4, -0.2) is 59.2 Å². The fourth-order valence-corrected chi connectivity index (χ4v) is 4.30. The SMILES string of the molecule is CC1CN(C(=O)CCc2c[nH]c3ccccc23)C2(CCN(C)CC2)O1.[HH]. The summed E-state index contributed by atoms with van der Waals surface area (Å²) in [6, 6.07) is 8.26. The van der Waals surface area contributed by atoms with Crippen molar-refractivity contribution >= 4 is 16.8 Å². The number of rotatable bonds is 3. The van der Waals surface area contributed by atoms with Crippen molar-refractivity contribution in [1.29, 1.82) is 0 Å². The van der Waals surface area contributed by atoms with E-state index in [9.17, 15) is 4.79 Å². The van der Waals surface area contributed by atoms with Gasteiger partial charge in [0.15, 0.2) is 0 Å². The summed E-state index contributed by atoms with van der Waals surface area (Å²) >= 11 is 0. The molecular formula is C20H29N3O2. The molecule has 136 valence electrons. The van der Waals surface area contributed by atoms with E-state index in [1.807, 2.05) is 23.2 Å². The van der Waals surface area contributed by atoms with Crippen LogP contribution in [0.2, 0.25) is 0 Å². The highest BCUT2D eigenvalue weighted by atomic mass is 16.5. The molecule has 0 saturated carbocycles.